The fourth-order valence-electron chi connectivity index (χ4n) is 3.81. The Morgan fingerprint density at radius 3 is 2.52 bits per heavy atom. The predicted molar refractivity (Wildman–Crippen MR) is 88.4 cm³/mol. The van der Waals surface area contributed by atoms with Crippen LogP contribution in [-0.2, 0) is 10.2 Å². The molecule has 1 N–H and O–H groups in total. The number of ether oxygens (including phenoxy) is 1. The second kappa shape index (κ2) is 5.39. The fourth-order valence-corrected chi connectivity index (χ4v) is 3.81. The van der Waals surface area contributed by atoms with Crippen LogP contribution in [0.2, 0.25) is 0 Å². The van der Waals surface area contributed by atoms with Gasteiger partial charge in [-0.05, 0) is 25.0 Å². The summed E-state index contributed by atoms with van der Waals surface area (Å²) in [4.78, 5) is 14.4. The summed E-state index contributed by atoms with van der Waals surface area (Å²) in [5.74, 6) is 0.678. The highest BCUT2D eigenvalue weighted by atomic mass is 19.1. The number of piperidine rings is 1. The minimum absolute atomic E-state index is 0.171. The van der Waals surface area contributed by atoms with Gasteiger partial charge in [0.25, 0.3) is 0 Å². The number of anilines is 1. The highest BCUT2D eigenvalue weighted by Gasteiger charge is 2.46. The Morgan fingerprint density at radius 1 is 1.30 bits per heavy atom. The van der Waals surface area contributed by atoms with Crippen LogP contribution in [0.5, 0.6) is 5.75 Å². The molecule has 0 aliphatic carbocycles. The molecule has 1 spiro atoms. The maximum Gasteiger partial charge on any atom is 0.227 e. The number of hydrogen-bond acceptors (Lipinski definition) is 3. The third kappa shape index (κ3) is 2.56. The Balaban J connectivity index is 1.85. The number of benzene rings is 1. The molecular weight excluding hydrogens is 295 g/mol. The molecule has 0 unspecified atom stereocenters. The molecule has 5 heteroatoms. The highest BCUT2D eigenvalue weighted by molar-refractivity contribution is 5.81. The number of methoxy groups -OCH3 is 1. The van der Waals surface area contributed by atoms with Gasteiger partial charge in [0.05, 0.1) is 12.8 Å². The zero-order chi connectivity index (χ0) is 16.8. The molecule has 0 saturated carbocycles. The standard InChI is InChI=1S/C18H25FN2O2/c1-17(2,3)16(22)21-9-7-18(8-10-21)11-20-15-13(23-4)6-5-12(19)14(15)18/h5-6,20H,7-11H2,1-4H3. The first-order valence-electron chi connectivity index (χ1n) is 8.19. The molecule has 2 heterocycles. The van der Waals surface area contributed by atoms with Gasteiger partial charge in [-0.2, -0.15) is 0 Å². The molecule has 0 atom stereocenters. The lowest BCUT2D eigenvalue weighted by Gasteiger charge is -2.41. The summed E-state index contributed by atoms with van der Waals surface area (Å²) in [6, 6.07) is 3.15. The number of likely N-dealkylation sites (tertiary alicyclic amines) is 1. The molecule has 1 saturated heterocycles. The molecule has 2 aliphatic heterocycles. The van der Waals surface area contributed by atoms with E-state index in [-0.39, 0.29) is 22.6 Å². The van der Waals surface area contributed by atoms with Gasteiger partial charge in [0.1, 0.15) is 11.6 Å². The Hall–Kier alpha value is -1.78. The highest BCUT2D eigenvalue weighted by Crippen LogP contribution is 2.49. The molecule has 1 aromatic rings. The first-order chi connectivity index (χ1) is 10.8. The zero-order valence-corrected chi connectivity index (χ0v) is 14.3. The Morgan fingerprint density at radius 2 is 1.96 bits per heavy atom. The van der Waals surface area contributed by atoms with E-state index in [1.807, 2.05) is 25.7 Å². The van der Waals surface area contributed by atoms with Crippen LogP contribution in [0, 0.1) is 11.2 Å². The molecule has 1 fully saturated rings. The predicted octanol–water partition coefficient (Wildman–Crippen LogP) is 3.17. The normalized spacial score (nSPS) is 19.4. The van der Waals surface area contributed by atoms with E-state index in [1.165, 1.54) is 6.07 Å². The second-order valence-corrected chi connectivity index (χ2v) is 7.68. The quantitative estimate of drug-likeness (QED) is 0.864. The number of hydrogen-bond donors (Lipinski definition) is 1. The molecule has 0 radical (unpaired) electrons. The maximum atomic E-state index is 14.5. The van der Waals surface area contributed by atoms with Gasteiger partial charge in [-0.3, -0.25) is 4.79 Å². The number of rotatable bonds is 1. The van der Waals surface area contributed by atoms with Crippen molar-refractivity contribution in [1.29, 1.82) is 0 Å². The number of carbonyl (C=O) groups excluding carboxylic acids is 1. The lowest BCUT2D eigenvalue weighted by Crippen LogP contribution is -2.49. The third-order valence-electron chi connectivity index (χ3n) is 5.12. The summed E-state index contributed by atoms with van der Waals surface area (Å²) in [6.07, 6.45) is 1.55. The van der Waals surface area contributed by atoms with Crippen molar-refractivity contribution in [3.63, 3.8) is 0 Å². The van der Waals surface area contributed by atoms with Crippen molar-refractivity contribution in [2.24, 2.45) is 5.41 Å². The van der Waals surface area contributed by atoms with E-state index in [2.05, 4.69) is 5.32 Å². The summed E-state index contributed by atoms with van der Waals surface area (Å²) in [5.41, 5.74) is 0.913. The monoisotopic (exact) mass is 320 g/mol. The SMILES string of the molecule is COc1ccc(F)c2c1NCC21CCN(C(=O)C(C)(C)C)CC1. The topological polar surface area (TPSA) is 41.6 Å². The van der Waals surface area contributed by atoms with Crippen molar-refractivity contribution in [2.45, 2.75) is 39.0 Å². The third-order valence-corrected chi connectivity index (χ3v) is 5.12. The molecule has 0 aromatic heterocycles. The van der Waals surface area contributed by atoms with E-state index in [0.29, 0.717) is 25.4 Å². The van der Waals surface area contributed by atoms with Crippen LogP contribution in [-0.4, -0.2) is 37.6 Å². The van der Waals surface area contributed by atoms with Gasteiger partial charge < -0.3 is 15.0 Å². The smallest absolute Gasteiger partial charge is 0.227 e. The van der Waals surface area contributed by atoms with Gasteiger partial charge in [0, 0.05) is 36.0 Å². The summed E-state index contributed by atoms with van der Waals surface area (Å²) in [6.45, 7) is 7.88. The minimum Gasteiger partial charge on any atom is -0.495 e. The van der Waals surface area contributed by atoms with E-state index in [0.717, 1.165) is 24.1 Å². The van der Waals surface area contributed by atoms with Crippen molar-refractivity contribution < 1.29 is 13.9 Å². The van der Waals surface area contributed by atoms with Crippen molar-refractivity contribution in [2.75, 3.05) is 32.1 Å². The molecule has 4 nitrogen and oxygen atoms in total. The summed E-state index contributed by atoms with van der Waals surface area (Å²) < 4.78 is 19.9. The van der Waals surface area contributed by atoms with Gasteiger partial charge in [0.15, 0.2) is 0 Å². The molecule has 3 rings (SSSR count). The summed E-state index contributed by atoms with van der Waals surface area (Å²) in [7, 11) is 1.60. The van der Waals surface area contributed by atoms with Gasteiger partial charge >= 0.3 is 0 Å². The fraction of sp³-hybridized carbons (Fsp3) is 0.611. The molecule has 23 heavy (non-hydrogen) atoms. The van der Waals surface area contributed by atoms with Crippen LogP contribution in [0.25, 0.3) is 0 Å². The van der Waals surface area contributed by atoms with Crippen LogP contribution in [0.15, 0.2) is 12.1 Å². The van der Waals surface area contributed by atoms with Gasteiger partial charge in [0.2, 0.25) is 5.91 Å². The van der Waals surface area contributed by atoms with Crippen molar-refractivity contribution >= 4 is 11.6 Å². The van der Waals surface area contributed by atoms with Gasteiger partial charge in [-0.25, -0.2) is 4.39 Å². The Bertz CT molecular complexity index is 629. The van der Waals surface area contributed by atoms with E-state index in [4.69, 9.17) is 4.74 Å². The minimum atomic E-state index is -0.370. The summed E-state index contributed by atoms with van der Waals surface area (Å²) in [5, 5.41) is 3.33. The molecule has 2 aliphatic rings. The average Bonchev–Trinajstić information content (AvgIpc) is 2.87. The van der Waals surface area contributed by atoms with Crippen molar-refractivity contribution in [3.8, 4) is 5.75 Å². The lowest BCUT2D eigenvalue weighted by atomic mass is 9.73. The maximum absolute atomic E-state index is 14.5. The first-order valence-corrected chi connectivity index (χ1v) is 8.19. The number of carbonyl (C=O) groups is 1. The number of nitrogens with zero attached hydrogens (tertiary/aromatic N) is 1. The number of fused-ring (bicyclic) bond motifs is 2. The van der Waals surface area contributed by atoms with Crippen molar-refractivity contribution in [3.05, 3.63) is 23.5 Å². The van der Waals surface area contributed by atoms with E-state index in [9.17, 15) is 9.18 Å². The average molecular weight is 320 g/mol. The second-order valence-electron chi connectivity index (χ2n) is 7.68. The number of halogens is 1. The van der Waals surface area contributed by atoms with E-state index < -0.39 is 0 Å². The first kappa shape index (κ1) is 16.1. The van der Waals surface area contributed by atoms with Crippen LogP contribution < -0.4 is 10.1 Å². The van der Waals surface area contributed by atoms with E-state index in [1.54, 1.807) is 13.2 Å². The zero-order valence-electron chi connectivity index (χ0n) is 14.3. The molecule has 0 bridgehead atoms. The number of amides is 1. The Labute approximate surface area is 137 Å². The number of nitrogens with one attached hydrogen (secondary N) is 1. The Kier molecular flexibility index (Phi) is 3.77. The largest absolute Gasteiger partial charge is 0.495 e. The van der Waals surface area contributed by atoms with Crippen LogP contribution in [0.1, 0.15) is 39.2 Å². The van der Waals surface area contributed by atoms with Crippen molar-refractivity contribution in [1.82, 2.24) is 4.90 Å². The lowest BCUT2D eigenvalue weighted by molar-refractivity contribution is -0.141. The van der Waals surface area contributed by atoms with Crippen LogP contribution in [0.3, 0.4) is 0 Å². The van der Waals surface area contributed by atoms with Crippen LogP contribution >= 0.6 is 0 Å². The molecular formula is C18H25FN2O2. The molecule has 1 amide bonds. The summed E-state index contributed by atoms with van der Waals surface area (Å²) >= 11 is 0. The van der Waals surface area contributed by atoms with Gasteiger partial charge in [-0.15, -0.1) is 0 Å². The van der Waals surface area contributed by atoms with Gasteiger partial charge in [-0.1, -0.05) is 20.8 Å². The molecule has 126 valence electrons. The molecule has 1 aromatic carbocycles. The van der Waals surface area contributed by atoms with Crippen LogP contribution in [0.4, 0.5) is 10.1 Å². The van der Waals surface area contributed by atoms with E-state index >= 15 is 0 Å².